The Morgan fingerprint density at radius 2 is 2.00 bits per heavy atom. The number of carbonyl (C=O) groups excluding carboxylic acids is 2. The fourth-order valence-corrected chi connectivity index (χ4v) is 2.13. The molecule has 0 aliphatic rings. The Hall–Kier alpha value is -2.39. The van der Waals surface area contributed by atoms with Crippen LogP contribution < -0.4 is 10.2 Å². The van der Waals surface area contributed by atoms with Crippen molar-refractivity contribution in [2.24, 2.45) is 5.92 Å². The molecule has 0 aromatic heterocycles. The highest BCUT2D eigenvalue weighted by Gasteiger charge is 2.27. The zero-order valence-corrected chi connectivity index (χ0v) is 13.8. The zero-order valence-electron chi connectivity index (χ0n) is 13.8. The molecule has 0 fully saturated rings. The SMILES string of the molecule is CCCN(C)c1ccc(C(=O)[C@@H](C#N)C(=O)NCCOC)cc1. The van der Waals surface area contributed by atoms with Crippen LogP contribution in [-0.2, 0) is 9.53 Å². The summed E-state index contributed by atoms with van der Waals surface area (Å²) in [6, 6.07) is 8.71. The number of nitrogens with one attached hydrogen (secondary N) is 1. The number of carbonyl (C=O) groups is 2. The second-order valence-corrected chi connectivity index (χ2v) is 5.18. The Morgan fingerprint density at radius 1 is 1.35 bits per heavy atom. The summed E-state index contributed by atoms with van der Waals surface area (Å²) in [7, 11) is 3.48. The molecular formula is C17H23N3O3. The van der Waals surface area contributed by atoms with Gasteiger partial charge in [-0.25, -0.2) is 0 Å². The van der Waals surface area contributed by atoms with E-state index in [1.807, 2.05) is 19.2 Å². The molecule has 0 saturated heterocycles. The molecule has 0 spiro atoms. The van der Waals surface area contributed by atoms with Crippen LogP contribution in [0.15, 0.2) is 24.3 Å². The van der Waals surface area contributed by atoms with Crippen LogP contribution in [0, 0.1) is 17.2 Å². The number of ketones is 1. The third-order valence-corrected chi connectivity index (χ3v) is 3.41. The van der Waals surface area contributed by atoms with Gasteiger partial charge in [-0.2, -0.15) is 5.26 Å². The Morgan fingerprint density at radius 3 is 2.52 bits per heavy atom. The van der Waals surface area contributed by atoms with Crippen LogP contribution in [0.5, 0.6) is 0 Å². The number of anilines is 1. The molecule has 1 aromatic carbocycles. The third kappa shape index (κ3) is 5.38. The molecule has 1 rings (SSSR count). The number of hydrogen-bond donors (Lipinski definition) is 1. The summed E-state index contributed by atoms with van der Waals surface area (Å²) in [6.45, 7) is 3.60. The predicted molar refractivity (Wildman–Crippen MR) is 88.3 cm³/mol. The maximum absolute atomic E-state index is 12.3. The van der Waals surface area contributed by atoms with E-state index in [2.05, 4.69) is 17.1 Å². The van der Waals surface area contributed by atoms with Crippen molar-refractivity contribution in [3.05, 3.63) is 29.8 Å². The van der Waals surface area contributed by atoms with Crippen LogP contribution in [0.3, 0.4) is 0 Å². The van der Waals surface area contributed by atoms with Crippen LogP contribution in [-0.4, -0.2) is 45.5 Å². The van der Waals surface area contributed by atoms with Crippen LogP contribution in [0.4, 0.5) is 5.69 Å². The Labute approximate surface area is 137 Å². The van der Waals surface area contributed by atoms with Gasteiger partial charge >= 0.3 is 0 Å². The molecule has 0 aliphatic heterocycles. The van der Waals surface area contributed by atoms with Gasteiger partial charge in [0.05, 0.1) is 12.7 Å². The Balaban J connectivity index is 2.78. The summed E-state index contributed by atoms with van der Waals surface area (Å²) in [5.74, 6) is -2.43. The number of nitriles is 1. The quantitative estimate of drug-likeness (QED) is 0.425. The highest BCUT2D eigenvalue weighted by molar-refractivity contribution is 6.12. The summed E-state index contributed by atoms with van der Waals surface area (Å²) in [6.07, 6.45) is 1.02. The molecule has 1 aromatic rings. The van der Waals surface area contributed by atoms with Gasteiger partial charge in [-0.15, -0.1) is 0 Å². The molecule has 124 valence electrons. The first-order valence-corrected chi connectivity index (χ1v) is 7.56. The molecule has 0 bridgehead atoms. The van der Waals surface area contributed by atoms with Gasteiger partial charge in [-0.05, 0) is 30.7 Å². The van der Waals surface area contributed by atoms with E-state index >= 15 is 0 Å². The average molecular weight is 317 g/mol. The predicted octanol–water partition coefficient (Wildman–Crippen LogP) is 1.62. The molecule has 1 N–H and O–H groups in total. The van der Waals surface area contributed by atoms with Crippen molar-refractivity contribution in [2.45, 2.75) is 13.3 Å². The second-order valence-electron chi connectivity index (χ2n) is 5.18. The van der Waals surface area contributed by atoms with Crippen molar-refractivity contribution < 1.29 is 14.3 Å². The largest absolute Gasteiger partial charge is 0.383 e. The minimum absolute atomic E-state index is 0.265. The number of Topliss-reactive ketones (excluding diaryl/α,β-unsaturated/α-hetero) is 1. The molecule has 0 unspecified atom stereocenters. The molecule has 1 atom stereocenters. The first kappa shape index (κ1) is 18.7. The standard InChI is InChI=1S/C17H23N3O3/c1-4-10-20(2)14-7-5-13(6-8-14)16(21)15(12-18)17(22)19-9-11-23-3/h5-8,15H,4,9-11H2,1-3H3,(H,19,22)/t15-/m1/s1. The number of rotatable bonds is 9. The first-order valence-electron chi connectivity index (χ1n) is 7.56. The van der Waals surface area contributed by atoms with Gasteiger partial charge in [-0.1, -0.05) is 6.92 Å². The van der Waals surface area contributed by atoms with Gasteiger partial charge in [0.25, 0.3) is 0 Å². The fraction of sp³-hybridized carbons (Fsp3) is 0.471. The highest BCUT2D eigenvalue weighted by Crippen LogP contribution is 2.16. The first-order chi connectivity index (χ1) is 11.0. The number of ether oxygens (including phenoxy) is 1. The van der Waals surface area contributed by atoms with Gasteiger partial charge in [0, 0.05) is 38.5 Å². The van der Waals surface area contributed by atoms with Crippen LogP contribution >= 0.6 is 0 Å². The summed E-state index contributed by atoms with van der Waals surface area (Å²) in [4.78, 5) is 26.3. The maximum Gasteiger partial charge on any atom is 0.245 e. The molecule has 0 radical (unpaired) electrons. The van der Waals surface area contributed by atoms with Crippen LogP contribution in [0.25, 0.3) is 0 Å². The van der Waals surface area contributed by atoms with Crippen molar-refractivity contribution in [1.82, 2.24) is 5.32 Å². The van der Waals surface area contributed by atoms with Gasteiger partial charge < -0.3 is 15.0 Å². The number of methoxy groups -OCH3 is 1. The molecule has 0 saturated carbocycles. The van der Waals surface area contributed by atoms with Gasteiger partial charge in [0.2, 0.25) is 5.91 Å². The lowest BCUT2D eigenvalue weighted by Gasteiger charge is -2.18. The summed E-state index contributed by atoms with van der Waals surface area (Å²) >= 11 is 0. The Kier molecular flexibility index (Phi) is 7.78. The highest BCUT2D eigenvalue weighted by atomic mass is 16.5. The van der Waals surface area contributed by atoms with Crippen LogP contribution in [0.1, 0.15) is 23.7 Å². The van der Waals surface area contributed by atoms with E-state index in [0.29, 0.717) is 12.2 Å². The van der Waals surface area contributed by atoms with Crippen molar-refractivity contribution in [3.63, 3.8) is 0 Å². The maximum atomic E-state index is 12.3. The topological polar surface area (TPSA) is 82.4 Å². The normalized spacial score (nSPS) is 11.4. The smallest absolute Gasteiger partial charge is 0.245 e. The molecule has 1 amide bonds. The lowest BCUT2D eigenvalue weighted by Crippen LogP contribution is -2.36. The van der Waals surface area contributed by atoms with Crippen molar-refractivity contribution in [3.8, 4) is 6.07 Å². The van der Waals surface area contributed by atoms with Crippen molar-refractivity contribution in [2.75, 3.05) is 38.8 Å². The number of amides is 1. The van der Waals surface area contributed by atoms with E-state index in [4.69, 9.17) is 10.00 Å². The van der Waals surface area contributed by atoms with E-state index in [-0.39, 0.29) is 6.54 Å². The molecule has 6 heteroatoms. The number of hydrogen-bond acceptors (Lipinski definition) is 5. The van der Waals surface area contributed by atoms with Crippen molar-refractivity contribution >= 4 is 17.4 Å². The van der Waals surface area contributed by atoms with E-state index in [1.165, 1.54) is 7.11 Å². The second kappa shape index (κ2) is 9.59. The number of nitrogens with zero attached hydrogens (tertiary/aromatic N) is 2. The summed E-state index contributed by atoms with van der Waals surface area (Å²) < 4.78 is 4.82. The zero-order chi connectivity index (χ0) is 17.2. The van der Waals surface area contributed by atoms with E-state index in [0.717, 1.165) is 18.7 Å². The summed E-state index contributed by atoms with van der Waals surface area (Å²) in [5, 5.41) is 11.6. The lowest BCUT2D eigenvalue weighted by atomic mass is 9.97. The van der Waals surface area contributed by atoms with Gasteiger partial charge in [0.15, 0.2) is 11.7 Å². The van der Waals surface area contributed by atoms with E-state index in [9.17, 15) is 9.59 Å². The minimum atomic E-state index is -1.34. The minimum Gasteiger partial charge on any atom is -0.383 e. The van der Waals surface area contributed by atoms with Crippen LogP contribution in [0.2, 0.25) is 0 Å². The third-order valence-electron chi connectivity index (χ3n) is 3.41. The fourth-order valence-electron chi connectivity index (χ4n) is 2.13. The van der Waals surface area contributed by atoms with Gasteiger partial charge in [0.1, 0.15) is 0 Å². The monoisotopic (exact) mass is 317 g/mol. The molecule has 0 heterocycles. The molecule has 23 heavy (non-hydrogen) atoms. The number of benzene rings is 1. The molecular weight excluding hydrogens is 294 g/mol. The van der Waals surface area contributed by atoms with E-state index in [1.54, 1.807) is 18.2 Å². The Bertz CT molecular complexity index is 563. The molecule has 6 nitrogen and oxygen atoms in total. The average Bonchev–Trinajstić information content (AvgIpc) is 2.56. The summed E-state index contributed by atoms with van der Waals surface area (Å²) in [5.41, 5.74) is 1.34. The van der Waals surface area contributed by atoms with Gasteiger partial charge in [-0.3, -0.25) is 9.59 Å². The molecule has 0 aliphatic carbocycles. The van der Waals surface area contributed by atoms with Crippen molar-refractivity contribution in [1.29, 1.82) is 5.26 Å². The lowest BCUT2D eigenvalue weighted by molar-refractivity contribution is -0.122. The van der Waals surface area contributed by atoms with E-state index < -0.39 is 17.6 Å².